The van der Waals surface area contributed by atoms with Crippen molar-refractivity contribution in [2.75, 3.05) is 44.6 Å². The van der Waals surface area contributed by atoms with Crippen LogP contribution in [0.5, 0.6) is 0 Å². The largest absolute Gasteiger partial charge is 0.376 e. The first-order valence-electron chi connectivity index (χ1n) is 9.09. The van der Waals surface area contributed by atoms with Gasteiger partial charge in [0, 0.05) is 37.8 Å². The third kappa shape index (κ3) is 5.03. The van der Waals surface area contributed by atoms with E-state index in [0.29, 0.717) is 26.2 Å². The topological polar surface area (TPSA) is 61.9 Å². The summed E-state index contributed by atoms with van der Waals surface area (Å²) < 4.78 is 5.51. The first kappa shape index (κ1) is 17.9. The van der Waals surface area contributed by atoms with Gasteiger partial charge in [-0.15, -0.1) is 0 Å². The van der Waals surface area contributed by atoms with Gasteiger partial charge in [-0.25, -0.2) is 0 Å². The summed E-state index contributed by atoms with van der Waals surface area (Å²) in [5, 5.41) is 2.96. The van der Waals surface area contributed by atoms with Crippen molar-refractivity contribution in [2.45, 2.75) is 25.9 Å². The van der Waals surface area contributed by atoms with Gasteiger partial charge >= 0.3 is 0 Å². The smallest absolute Gasteiger partial charge is 0.236 e. The number of morpholine rings is 1. The van der Waals surface area contributed by atoms with Crippen molar-refractivity contribution in [1.82, 2.24) is 9.80 Å². The predicted molar refractivity (Wildman–Crippen MR) is 96.2 cm³/mol. The van der Waals surface area contributed by atoms with E-state index in [2.05, 4.69) is 10.2 Å². The van der Waals surface area contributed by atoms with Crippen LogP contribution in [0.1, 0.15) is 19.8 Å². The van der Waals surface area contributed by atoms with Crippen molar-refractivity contribution >= 4 is 17.5 Å². The Hall–Kier alpha value is -1.92. The summed E-state index contributed by atoms with van der Waals surface area (Å²) in [5.41, 5.74) is 0.826. The van der Waals surface area contributed by atoms with Crippen molar-refractivity contribution in [3.63, 3.8) is 0 Å². The standard InChI is InChI=1S/C19H27N3O3/c1-15-13-21(11-12-25-15)14-18(23)22-9-7-16(8-10-22)19(24)20-17-5-3-2-4-6-17/h2-6,15-16H,7-14H2,1H3,(H,20,24)/t15-/m0/s1. The molecule has 3 rings (SSSR count). The normalized spacial score (nSPS) is 22.6. The number of nitrogens with one attached hydrogen (secondary N) is 1. The average Bonchev–Trinajstić information content (AvgIpc) is 2.62. The quantitative estimate of drug-likeness (QED) is 0.900. The third-order valence-corrected chi connectivity index (χ3v) is 4.94. The number of anilines is 1. The van der Waals surface area contributed by atoms with Gasteiger partial charge in [0.05, 0.1) is 19.3 Å². The van der Waals surface area contributed by atoms with Gasteiger partial charge in [0.1, 0.15) is 0 Å². The summed E-state index contributed by atoms with van der Waals surface area (Å²) in [6.07, 6.45) is 1.64. The molecule has 136 valence electrons. The zero-order valence-electron chi connectivity index (χ0n) is 14.8. The van der Waals surface area contributed by atoms with Crippen molar-refractivity contribution in [2.24, 2.45) is 5.92 Å². The van der Waals surface area contributed by atoms with Crippen molar-refractivity contribution in [1.29, 1.82) is 0 Å². The van der Waals surface area contributed by atoms with E-state index in [0.717, 1.165) is 31.6 Å². The lowest BCUT2D eigenvalue weighted by Gasteiger charge is -2.35. The number of carbonyl (C=O) groups excluding carboxylic acids is 2. The van der Waals surface area contributed by atoms with Crippen molar-refractivity contribution in [3.05, 3.63) is 30.3 Å². The molecule has 0 bridgehead atoms. The van der Waals surface area contributed by atoms with Crippen LogP contribution in [0.3, 0.4) is 0 Å². The van der Waals surface area contributed by atoms with E-state index in [4.69, 9.17) is 4.74 Å². The van der Waals surface area contributed by atoms with Crippen molar-refractivity contribution in [3.8, 4) is 0 Å². The van der Waals surface area contributed by atoms with Gasteiger partial charge in [0.2, 0.25) is 11.8 Å². The highest BCUT2D eigenvalue weighted by Crippen LogP contribution is 2.20. The lowest BCUT2D eigenvalue weighted by Crippen LogP contribution is -2.49. The van der Waals surface area contributed by atoms with E-state index >= 15 is 0 Å². The molecule has 1 atom stereocenters. The first-order chi connectivity index (χ1) is 12.1. The minimum absolute atomic E-state index is 0.0207. The Kier molecular flexibility index (Phi) is 6.04. The molecule has 0 saturated carbocycles. The molecular weight excluding hydrogens is 318 g/mol. The van der Waals surface area contributed by atoms with Gasteiger partial charge in [-0.1, -0.05) is 18.2 Å². The lowest BCUT2D eigenvalue weighted by molar-refractivity contribution is -0.137. The third-order valence-electron chi connectivity index (χ3n) is 4.94. The Labute approximate surface area is 149 Å². The van der Waals surface area contributed by atoms with E-state index in [-0.39, 0.29) is 23.8 Å². The number of hydrogen-bond acceptors (Lipinski definition) is 4. The van der Waals surface area contributed by atoms with Gasteiger partial charge in [0.15, 0.2) is 0 Å². The predicted octanol–water partition coefficient (Wildman–Crippen LogP) is 1.58. The molecule has 6 nitrogen and oxygen atoms in total. The minimum atomic E-state index is -0.0207. The van der Waals surface area contributed by atoms with Crippen LogP contribution in [0.15, 0.2) is 30.3 Å². The van der Waals surface area contributed by atoms with Crippen LogP contribution in [0, 0.1) is 5.92 Å². The maximum atomic E-state index is 12.5. The maximum absolute atomic E-state index is 12.5. The molecule has 0 spiro atoms. The molecule has 2 aliphatic rings. The van der Waals surface area contributed by atoms with E-state index < -0.39 is 0 Å². The Morgan fingerprint density at radius 3 is 2.56 bits per heavy atom. The molecule has 6 heteroatoms. The van der Waals surface area contributed by atoms with Gasteiger partial charge in [-0.2, -0.15) is 0 Å². The molecule has 0 aliphatic carbocycles. The number of likely N-dealkylation sites (tertiary alicyclic amines) is 1. The molecule has 0 aromatic heterocycles. The summed E-state index contributed by atoms with van der Waals surface area (Å²) in [5.74, 6) is 0.198. The molecule has 1 aromatic carbocycles. The first-order valence-corrected chi connectivity index (χ1v) is 9.09. The Bertz CT molecular complexity index is 585. The maximum Gasteiger partial charge on any atom is 0.236 e. The highest BCUT2D eigenvalue weighted by molar-refractivity contribution is 5.92. The number of piperidine rings is 1. The fraction of sp³-hybridized carbons (Fsp3) is 0.579. The Balaban J connectivity index is 1.43. The number of para-hydroxylation sites is 1. The van der Waals surface area contributed by atoms with E-state index in [1.54, 1.807) is 0 Å². The number of nitrogens with zero attached hydrogens (tertiary/aromatic N) is 2. The molecule has 25 heavy (non-hydrogen) atoms. The summed E-state index contributed by atoms with van der Waals surface area (Å²) in [7, 11) is 0. The zero-order chi connectivity index (χ0) is 17.6. The number of hydrogen-bond donors (Lipinski definition) is 1. The van der Waals surface area contributed by atoms with Gasteiger partial charge in [0.25, 0.3) is 0 Å². The van der Waals surface area contributed by atoms with Gasteiger partial charge in [-0.05, 0) is 31.9 Å². The molecule has 2 fully saturated rings. The Morgan fingerprint density at radius 1 is 1.16 bits per heavy atom. The number of rotatable bonds is 4. The summed E-state index contributed by atoms with van der Waals surface area (Å²) in [6.45, 7) is 6.11. The SMILES string of the molecule is C[C@H]1CN(CC(=O)N2CCC(C(=O)Nc3ccccc3)CC2)CCO1. The highest BCUT2D eigenvalue weighted by Gasteiger charge is 2.28. The van der Waals surface area contributed by atoms with Crippen LogP contribution >= 0.6 is 0 Å². The molecule has 0 unspecified atom stereocenters. The van der Waals surface area contributed by atoms with Crippen molar-refractivity contribution < 1.29 is 14.3 Å². The van der Waals surface area contributed by atoms with Gasteiger partial charge < -0.3 is 15.0 Å². The van der Waals surface area contributed by atoms with E-state index in [1.807, 2.05) is 42.2 Å². The number of amides is 2. The van der Waals surface area contributed by atoms with Crippen LogP contribution in [-0.2, 0) is 14.3 Å². The Morgan fingerprint density at radius 2 is 1.88 bits per heavy atom. The molecule has 2 heterocycles. The molecule has 0 radical (unpaired) electrons. The summed E-state index contributed by atoms with van der Waals surface area (Å²) >= 11 is 0. The number of ether oxygens (including phenoxy) is 1. The number of carbonyl (C=O) groups is 2. The van der Waals surface area contributed by atoms with Crippen LogP contribution in [0.2, 0.25) is 0 Å². The molecule has 2 saturated heterocycles. The molecule has 1 N–H and O–H groups in total. The lowest BCUT2D eigenvalue weighted by atomic mass is 9.95. The van der Waals surface area contributed by atoms with Crippen LogP contribution in [-0.4, -0.2) is 67.0 Å². The molecule has 2 aliphatic heterocycles. The van der Waals surface area contributed by atoms with Crippen LogP contribution in [0.4, 0.5) is 5.69 Å². The van der Waals surface area contributed by atoms with Crippen LogP contribution in [0.25, 0.3) is 0 Å². The zero-order valence-corrected chi connectivity index (χ0v) is 14.8. The monoisotopic (exact) mass is 345 g/mol. The summed E-state index contributed by atoms with van der Waals surface area (Å²) in [6, 6.07) is 9.52. The van der Waals surface area contributed by atoms with Gasteiger partial charge in [-0.3, -0.25) is 14.5 Å². The highest BCUT2D eigenvalue weighted by atomic mass is 16.5. The molecular formula is C19H27N3O3. The fourth-order valence-corrected chi connectivity index (χ4v) is 3.48. The number of benzene rings is 1. The second kappa shape index (κ2) is 8.45. The van der Waals surface area contributed by atoms with E-state index in [1.165, 1.54) is 0 Å². The fourth-order valence-electron chi connectivity index (χ4n) is 3.48. The molecule has 1 aromatic rings. The summed E-state index contributed by atoms with van der Waals surface area (Å²) in [4.78, 5) is 28.9. The minimum Gasteiger partial charge on any atom is -0.376 e. The van der Waals surface area contributed by atoms with Crippen LogP contribution < -0.4 is 5.32 Å². The second-order valence-corrected chi connectivity index (χ2v) is 6.93. The average molecular weight is 345 g/mol. The van der Waals surface area contributed by atoms with E-state index in [9.17, 15) is 9.59 Å². The molecule has 2 amide bonds. The second-order valence-electron chi connectivity index (χ2n) is 6.93.